The Morgan fingerprint density at radius 1 is 1.23 bits per heavy atom. The molecule has 0 bridgehead atoms. The molecule has 186 valence electrons. The number of aryl methyl sites for hydroxylation is 1. The lowest BCUT2D eigenvalue weighted by molar-refractivity contribution is -0.386. The van der Waals surface area contributed by atoms with Gasteiger partial charge in [-0.05, 0) is 37.0 Å². The molecule has 1 atom stereocenters. The van der Waals surface area contributed by atoms with Gasteiger partial charge in [-0.25, -0.2) is 9.59 Å². The highest BCUT2D eigenvalue weighted by atomic mass is 16.6. The highest BCUT2D eigenvalue weighted by Gasteiger charge is 2.36. The Balaban J connectivity index is 2.10. The van der Waals surface area contributed by atoms with Crippen LogP contribution in [0.3, 0.4) is 0 Å². The van der Waals surface area contributed by atoms with Crippen molar-refractivity contribution < 1.29 is 28.7 Å². The van der Waals surface area contributed by atoms with E-state index < -0.39 is 23.0 Å². The van der Waals surface area contributed by atoms with Gasteiger partial charge in [0, 0.05) is 11.8 Å². The largest absolute Gasteiger partial charge is 0.493 e. The highest BCUT2D eigenvalue weighted by Crippen LogP contribution is 2.42. The number of esters is 1. The Kier molecular flexibility index (Phi) is 7.95. The first-order valence-electron chi connectivity index (χ1n) is 11.2. The van der Waals surface area contributed by atoms with Crippen molar-refractivity contribution in [3.8, 4) is 11.5 Å². The lowest BCUT2D eigenvalue weighted by Crippen LogP contribution is -2.47. The molecule has 35 heavy (non-hydrogen) atoms. The molecule has 1 aliphatic rings. The molecular formula is C25H29N3O7. The van der Waals surface area contributed by atoms with Crippen LogP contribution in [-0.4, -0.2) is 30.6 Å². The third-order valence-corrected chi connectivity index (χ3v) is 5.45. The summed E-state index contributed by atoms with van der Waals surface area (Å²) in [5.74, 6) is -0.787. The molecule has 2 aromatic carbocycles. The summed E-state index contributed by atoms with van der Waals surface area (Å²) in [4.78, 5) is 36.7. The van der Waals surface area contributed by atoms with Crippen molar-refractivity contribution in [2.75, 3.05) is 13.7 Å². The number of nitro groups is 1. The second kappa shape index (κ2) is 10.9. The van der Waals surface area contributed by atoms with E-state index in [0.717, 1.165) is 11.1 Å². The van der Waals surface area contributed by atoms with Crippen LogP contribution in [0.15, 0.2) is 47.7 Å². The number of hydrogen-bond acceptors (Lipinski definition) is 7. The van der Waals surface area contributed by atoms with E-state index in [1.54, 1.807) is 6.92 Å². The maximum atomic E-state index is 12.9. The first-order chi connectivity index (χ1) is 16.7. The number of allylic oxidation sites excluding steroid dienone is 1. The molecule has 0 radical (unpaired) electrons. The second-order valence-corrected chi connectivity index (χ2v) is 8.34. The van der Waals surface area contributed by atoms with E-state index in [2.05, 4.69) is 10.6 Å². The lowest BCUT2D eigenvalue weighted by Gasteiger charge is -2.31. The minimum absolute atomic E-state index is 0.0474. The van der Waals surface area contributed by atoms with E-state index in [-0.39, 0.29) is 47.5 Å². The van der Waals surface area contributed by atoms with E-state index in [1.165, 1.54) is 19.2 Å². The van der Waals surface area contributed by atoms with Crippen molar-refractivity contribution in [3.63, 3.8) is 0 Å². The van der Waals surface area contributed by atoms with Crippen LogP contribution < -0.4 is 20.1 Å². The average Bonchev–Trinajstić information content (AvgIpc) is 2.81. The predicted octanol–water partition coefficient (Wildman–Crippen LogP) is 4.32. The Morgan fingerprint density at radius 2 is 1.97 bits per heavy atom. The molecule has 0 saturated carbocycles. The zero-order valence-electron chi connectivity index (χ0n) is 20.3. The average molecular weight is 484 g/mol. The number of nitro benzene ring substituents is 1. The van der Waals surface area contributed by atoms with Crippen LogP contribution >= 0.6 is 0 Å². The van der Waals surface area contributed by atoms with Gasteiger partial charge in [-0.1, -0.05) is 43.7 Å². The fraction of sp³-hybridized carbons (Fsp3) is 0.360. The van der Waals surface area contributed by atoms with Crippen LogP contribution in [0.25, 0.3) is 0 Å². The molecule has 1 aliphatic heterocycles. The molecule has 0 saturated heterocycles. The maximum absolute atomic E-state index is 12.9. The summed E-state index contributed by atoms with van der Waals surface area (Å²) < 4.78 is 16.5. The molecule has 1 heterocycles. The van der Waals surface area contributed by atoms with Gasteiger partial charge in [0.2, 0.25) is 5.75 Å². The number of benzene rings is 2. The molecule has 0 aromatic heterocycles. The fourth-order valence-corrected chi connectivity index (χ4v) is 3.89. The Labute approximate surface area is 203 Å². The quantitative estimate of drug-likeness (QED) is 0.309. The van der Waals surface area contributed by atoms with Gasteiger partial charge in [0.1, 0.15) is 6.61 Å². The fourth-order valence-electron chi connectivity index (χ4n) is 3.89. The number of nitrogens with zero attached hydrogens (tertiary/aromatic N) is 1. The number of nitrogens with one attached hydrogen (secondary N) is 2. The van der Waals surface area contributed by atoms with Gasteiger partial charge >= 0.3 is 17.7 Å². The maximum Gasteiger partial charge on any atom is 0.338 e. The predicted molar refractivity (Wildman–Crippen MR) is 128 cm³/mol. The van der Waals surface area contributed by atoms with Gasteiger partial charge in [-0.15, -0.1) is 0 Å². The Hall–Kier alpha value is -4.08. The molecule has 1 unspecified atom stereocenters. The van der Waals surface area contributed by atoms with Crippen molar-refractivity contribution in [2.45, 2.75) is 40.3 Å². The zero-order valence-corrected chi connectivity index (χ0v) is 20.3. The van der Waals surface area contributed by atoms with E-state index in [1.807, 2.05) is 45.0 Å². The minimum Gasteiger partial charge on any atom is -0.493 e. The Bertz CT molecular complexity index is 1170. The lowest BCUT2D eigenvalue weighted by atomic mass is 9.91. The summed E-state index contributed by atoms with van der Waals surface area (Å²) in [6.07, 6.45) is 0. The number of rotatable bonds is 9. The van der Waals surface area contributed by atoms with Crippen LogP contribution in [0, 0.1) is 23.0 Å². The standard InChI is InChI=1S/C25H29N3O7/c1-6-34-24(29)20-21(14(2)3)26-25(30)27-22(20)17-11-18(28(31)32)23(19(12-17)33-5)35-13-16-9-7-8-15(4)10-16/h7-12,14,22H,6,13H2,1-5H3,(H2,26,27,30). The van der Waals surface area contributed by atoms with Crippen molar-refractivity contribution >= 4 is 17.7 Å². The van der Waals surface area contributed by atoms with Gasteiger partial charge < -0.3 is 24.8 Å². The molecule has 2 aromatic rings. The molecule has 3 rings (SSSR count). The van der Waals surface area contributed by atoms with E-state index in [0.29, 0.717) is 5.70 Å². The molecule has 10 heteroatoms. The normalized spacial score (nSPS) is 15.4. The van der Waals surface area contributed by atoms with Crippen molar-refractivity contribution in [1.29, 1.82) is 0 Å². The topological polar surface area (TPSA) is 129 Å². The number of carbonyl (C=O) groups excluding carboxylic acids is 2. The number of ether oxygens (including phenoxy) is 3. The third kappa shape index (κ3) is 5.71. The van der Waals surface area contributed by atoms with Crippen LogP contribution in [0.5, 0.6) is 11.5 Å². The summed E-state index contributed by atoms with van der Waals surface area (Å²) in [6, 6.07) is 8.86. The van der Waals surface area contributed by atoms with Crippen LogP contribution in [-0.2, 0) is 16.1 Å². The minimum atomic E-state index is -0.987. The molecule has 2 amide bonds. The van der Waals surface area contributed by atoms with Gasteiger partial charge in [-0.2, -0.15) is 0 Å². The number of hydrogen-bond donors (Lipinski definition) is 2. The first-order valence-corrected chi connectivity index (χ1v) is 11.2. The summed E-state index contributed by atoms with van der Waals surface area (Å²) in [5, 5.41) is 17.4. The van der Waals surface area contributed by atoms with Gasteiger partial charge in [0.05, 0.1) is 30.3 Å². The smallest absolute Gasteiger partial charge is 0.338 e. The van der Waals surface area contributed by atoms with Gasteiger partial charge in [-0.3, -0.25) is 10.1 Å². The van der Waals surface area contributed by atoms with E-state index >= 15 is 0 Å². The molecular weight excluding hydrogens is 454 g/mol. The molecule has 2 N–H and O–H groups in total. The zero-order chi connectivity index (χ0) is 25.7. The molecule has 0 spiro atoms. The second-order valence-electron chi connectivity index (χ2n) is 8.34. The number of methoxy groups -OCH3 is 1. The van der Waals surface area contributed by atoms with Crippen molar-refractivity contribution in [2.24, 2.45) is 5.92 Å². The van der Waals surface area contributed by atoms with Gasteiger partial charge in [0.15, 0.2) is 5.75 Å². The number of carbonyl (C=O) groups is 2. The van der Waals surface area contributed by atoms with E-state index in [9.17, 15) is 19.7 Å². The molecule has 0 aliphatic carbocycles. The van der Waals surface area contributed by atoms with Crippen molar-refractivity contribution in [3.05, 3.63) is 74.5 Å². The first kappa shape index (κ1) is 25.5. The van der Waals surface area contributed by atoms with Crippen LogP contribution in [0.4, 0.5) is 10.5 Å². The third-order valence-electron chi connectivity index (χ3n) is 5.45. The van der Waals surface area contributed by atoms with Crippen LogP contribution in [0.1, 0.15) is 43.5 Å². The summed E-state index contributed by atoms with van der Waals surface area (Å²) in [6.45, 7) is 7.47. The highest BCUT2D eigenvalue weighted by molar-refractivity contribution is 5.95. The van der Waals surface area contributed by atoms with Crippen molar-refractivity contribution in [1.82, 2.24) is 10.6 Å². The Morgan fingerprint density at radius 3 is 2.57 bits per heavy atom. The number of urea groups is 1. The summed E-state index contributed by atoms with van der Waals surface area (Å²) >= 11 is 0. The summed E-state index contributed by atoms with van der Waals surface area (Å²) in [7, 11) is 1.37. The monoisotopic (exact) mass is 483 g/mol. The van der Waals surface area contributed by atoms with Gasteiger partial charge in [0.25, 0.3) is 0 Å². The van der Waals surface area contributed by atoms with E-state index in [4.69, 9.17) is 14.2 Å². The SMILES string of the molecule is CCOC(=O)C1=C(C(C)C)NC(=O)NC1c1cc(OC)c(OCc2cccc(C)c2)c([N+](=O)[O-])c1. The number of amides is 2. The summed E-state index contributed by atoms with van der Waals surface area (Å²) in [5.41, 5.74) is 2.36. The molecule has 10 nitrogen and oxygen atoms in total. The molecule has 0 fully saturated rings. The van der Waals surface area contributed by atoms with Crippen LogP contribution in [0.2, 0.25) is 0 Å².